The third-order valence-corrected chi connectivity index (χ3v) is 6.52. The lowest BCUT2D eigenvalue weighted by Gasteiger charge is -2.25. The number of anilines is 1. The van der Waals surface area contributed by atoms with E-state index in [1.807, 2.05) is 0 Å². The van der Waals surface area contributed by atoms with E-state index in [9.17, 15) is 40.7 Å². The zero-order valence-electron chi connectivity index (χ0n) is 14.6. The Morgan fingerprint density at radius 3 is 2.41 bits per heavy atom. The van der Waals surface area contributed by atoms with Crippen LogP contribution in [-0.2, 0) is 21.0 Å². The van der Waals surface area contributed by atoms with Crippen molar-refractivity contribution < 1.29 is 40.7 Å². The van der Waals surface area contributed by atoms with Crippen molar-refractivity contribution in [1.29, 1.82) is 0 Å². The van der Waals surface area contributed by atoms with Gasteiger partial charge in [0, 0.05) is 0 Å². The maximum absolute atomic E-state index is 13.4. The third-order valence-electron chi connectivity index (χ3n) is 3.76. The van der Waals surface area contributed by atoms with E-state index in [4.69, 9.17) is 5.73 Å². The van der Waals surface area contributed by atoms with Crippen LogP contribution in [0.4, 0.5) is 22.6 Å². The van der Waals surface area contributed by atoms with Gasteiger partial charge in [0.15, 0.2) is 0 Å². The number of thiophene rings is 1. The maximum atomic E-state index is 13.4. The first kappa shape index (κ1) is 22.8. The average Bonchev–Trinajstić information content (AvgIpc) is 3.09. The quantitative estimate of drug-likeness (QED) is 0.650. The molecule has 0 aliphatic heterocycles. The molecule has 2 rings (SSSR count). The highest BCUT2D eigenvalue weighted by Crippen LogP contribution is 2.39. The van der Waals surface area contributed by atoms with Gasteiger partial charge in [-0.15, -0.1) is 11.3 Å². The number of primary amides is 1. The summed E-state index contributed by atoms with van der Waals surface area (Å²) in [6.45, 7) is 0.315. The van der Waals surface area contributed by atoms with Crippen LogP contribution in [-0.4, -0.2) is 31.9 Å². The molecule has 2 amide bonds. The van der Waals surface area contributed by atoms with Crippen molar-refractivity contribution in [3.8, 4) is 0 Å². The van der Waals surface area contributed by atoms with Gasteiger partial charge in [0.05, 0.1) is 23.7 Å². The molecule has 1 aromatic heterocycles. The van der Waals surface area contributed by atoms with Crippen LogP contribution in [0.1, 0.15) is 22.8 Å². The van der Waals surface area contributed by atoms with Crippen LogP contribution in [0.2, 0.25) is 0 Å². The van der Waals surface area contributed by atoms with Gasteiger partial charge in [-0.2, -0.15) is 17.5 Å². The molecule has 0 radical (unpaired) electrons. The van der Waals surface area contributed by atoms with E-state index in [-0.39, 0.29) is 10.4 Å². The average molecular weight is 454 g/mol. The molecule has 0 spiro atoms. The Morgan fingerprint density at radius 1 is 1.28 bits per heavy atom. The number of hydrogen-bond donors (Lipinski definition) is 2. The zero-order chi connectivity index (χ0) is 22.1. The second-order valence-electron chi connectivity index (χ2n) is 5.83. The minimum absolute atomic E-state index is 0.0128. The number of carbonyl (C=O) groups is 2. The smallest absolute Gasteiger partial charge is 0.396 e. The predicted molar refractivity (Wildman–Crippen MR) is 95.2 cm³/mol. The molecule has 0 saturated carbocycles. The fourth-order valence-electron chi connectivity index (χ4n) is 2.30. The van der Waals surface area contributed by atoms with E-state index in [0.717, 1.165) is 13.0 Å². The lowest BCUT2D eigenvalue weighted by Crippen LogP contribution is -2.42. The van der Waals surface area contributed by atoms with Crippen LogP contribution >= 0.6 is 11.3 Å². The van der Waals surface area contributed by atoms with Gasteiger partial charge in [0.25, 0.3) is 15.9 Å². The Bertz CT molecular complexity index is 1050. The first-order valence-corrected chi connectivity index (χ1v) is 10.1. The summed E-state index contributed by atoms with van der Waals surface area (Å²) in [5.41, 5.74) is 2.91. The zero-order valence-corrected chi connectivity index (χ0v) is 16.2. The SMILES string of the molecule is CC(CO)C(=O)N(c1sccc1C(N)=O)S(=O)(=O)c1ccc(F)cc1C(F)(F)F. The molecule has 0 bridgehead atoms. The number of alkyl halides is 3. The summed E-state index contributed by atoms with van der Waals surface area (Å²) in [5, 5.41) is 9.90. The Morgan fingerprint density at radius 2 is 1.90 bits per heavy atom. The fraction of sp³-hybridized carbons (Fsp3) is 0.250. The van der Waals surface area contributed by atoms with Gasteiger partial charge in [-0.25, -0.2) is 12.8 Å². The van der Waals surface area contributed by atoms with Gasteiger partial charge < -0.3 is 10.8 Å². The lowest BCUT2D eigenvalue weighted by molar-refractivity contribution is -0.140. The van der Waals surface area contributed by atoms with Crippen molar-refractivity contribution in [3.05, 3.63) is 46.6 Å². The molecule has 2 aromatic rings. The number of sulfonamides is 1. The van der Waals surface area contributed by atoms with Crippen LogP contribution < -0.4 is 10.0 Å². The normalized spacial score (nSPS) is 13.2. The van der Waals surface area contributed by atoms with Gasteiger partial charge in [0.2, 0.25) is 5.91 Å². The molecule has 1 heterocycles. The van der Waals surface area contributed by atoms with Crippen LogP contribution in [0.15, 0.2) is 34.5 Å². The number of hydrogen-bond acceptors (Lipinski definition) is 6. The summed E-state index contributed by atoms with van der Waals surface area (Å²) in [7, 11) is -5.28. The third kappa shape index (κ3) is 4.41. The molecular formula is C16H14F4N2O5S2. The van der Waals surface area contributed by atoms with Crippen molar-refractivity contribution in [3.63, 3.8) is 0 Å². The number of aliphatic hydroxyl groups is 1. The Hall–Kier alpha value is -2.51. The number of carbonyl (C=O) groups excluding carboxylic acids is 2. The predicted octanol–water partition coefficient (Wildman–Crippen LogP) is 2.36. The minimum atomic E-state index is -5.28. The molecule has 0 saturated heterocycles. The Kier molecular flexibility index (Phi) is 6.35. The first-order valence-electron chi connectivity index (χ1n) is 7.76. The topological polar surface area (TPSA) is 118 Å². The molecule has 0 fully saturated rings. The molecule has 158 valence electrons. The number of amides is 2. The largest absolute Gasteiger partial charge is 0.417 e. The van der Waals surface area contributed by atoms with Crippen molar-refractivity contribution in [2.75, 3.05) is 10.9 Å². The molecule has 1 aromatic carbocycles. The Labute approximate surface area is 166 Å². The van der Waals surface area contributed by atoms with Crippen molar-refractivity contribution in [2.45, 2.75) is 18.0 Å². The van der Waals surface area contributed by atoms with Gasteiger partial charge in [-0.05, 0) is 29.6 Å². The van der Waals surface area contributed by atoms with E-state index < -0.39 is 67.4 Å². The van der Waals surface area contributed by atoms with Crippen molar-refractivity contribution in [1.82, 2.24) is 0 Å². The molecular weight excluding hydrogens is 440 g/mol. The van der Waals surface area contributed by atoms with E-state index >= 15 is 0 Å². The molecule has 0 aliphatic carbocycles. The van der Waals surface area contributed by atoms with Crippen molar-refractivity contribution in [2.24, 2.45) is 11.7 Å². The maximum Gasteiger partial charge on any atom is 0.417 e. The number of benzene rings is 1. The molecule has 29 heavy (non-hydrogen) atoms. The lowest BCUT2D eigenvalue weighted by atomic mass is 10.2. The van der Waals surface area contributed by atoms with Crippen LogP contribution in [0.3, 0.4) is 0 Å². The van der Waals surface area contributed by atoms with Gasteiger partial charge in [0.1, 0.15) is 15.7 Å². The highest BCUT2D eigenvalue weighted by atomic mass is 32.2. The van der Waals surface area contributed by atoms with Gasteiger partial charge in [-0.1, -0.05) is 6.92 Å². The second-order valence-corrected chi connectivity index (χ2v) is 8.48. The van der Waals surface area contributed by atoms with Gasteiger partial charge >= 0.3 is 6.18 Å². The van der Waals surface area contributed by atoms with Crippen molar-refractivity contribution >= 4 is 38.2 Å². The monoisotopic (exact) mass is 454 g/mol. The Balaban J connectivity index is 2.83. The molecule has 1 atom stereocenters. The van der Waals surface area contributed by atoms with Crippen LogP contribution in [0.25, 0.3) is 0 Å². The molecule has 1 unspecified atom stereocenters. The summed E-state index contributed by atoms with van der Waals surface area (Å²) < 4.78 is 79.6. The molecule has 13 heteroatoms. The molecule has 7 nitrogen and oxygen atoms in total. The molecule has 0 aliphatic rings. The molecule has 3 N–H and O–H groups in total. The summed E-state index contributed by atoms with van der Waals surface area (Å²) >= 11 is 0.568. The highest BCUT2D eigenvalue weighted by Gasteiger charge is 2.43. The van der Waals surface area contributed by atoms with E-state index in [0.29, 0.717) is 23.5 Å². The van der Waals surface area contributed by atoms with Crippen LogP contribution in [0, 0.1) is 11.7 Å². The number of halogens is 4. The standard InChI is InChI=1S/C16H14F4N2O5S2/c1-8(7-23)14(25)22(15-10(13(21)24)4-5-28-15)29(26,27)12-3-2-9(17)6-11(12)16(18,19)20/h2-6,8,23H,7H2,1H3,(H2,21,24). The van der Waals surface area contributed by atoms with Crippen LogP contribution in [0.5, 0.6) is 0 Å². The van der Waals surface area contributed by atoms with E-state index in [1.54, 1.807) is 0 Å². The second kappa shape index (κ2) is 8.08. The summed E-state index contributed by atoms with van der Waals surface area (Å²) in [6, 6.07) is 1.93. The summed E-state index contributed by atoms with van der Waals surface area (Å²) in [5.74, 6) is -5.11. The number of rotatable bonds is 6. The number of nitrogens with two attached hydrogens (primary N) is 1. The fourth-order valence-corrected chi connectivity index (χ4v) is 5.16. The number of nitrogens with zero attached hydrogens (tertiary/aromatic N) is 1. The number of aliphatic hydroxyl groups excluding tert-OH is 1. The van der Waals surface area contributed by atoms with Gasteiger partial charge in [-0.3, -0.25) is 9.59 Å². The van der Waals surface area contributed by atoms with E-state index in [1.165, 1.54) is 5.38 Å². The first-order chi connectivity index (χ1) is 13.3. The highest BCUT2D eigenvalue weighted by molar-refractivity contribution is 7.93. The van der Waals surface area contributed by atoms with E-state index in [2.05, 4.69) is 0 Å². The minimum Gasteiger partial charge on any atom is -0.396 e. The summed E-state index contributed by atoms with van der Waals surface area (Å²) in [4.78, 5) is 22.9. The summed E-state index contributed by atoms with van der Waals surface area (Å²) in [6.07, 6.45) is -5.26.